The second kappa shape index (κ2) is 9.30. The minimum atomic E-state index is -0.451. The van der Waals surface area contributed by atoms with E-state index in [0.29, 0.717) is 13.1 Å². The van der Waals surface area contributed by atoms with E-state index in [0.717, 1.165) is 43.9 Å². The van der Waals surface area contributed by atoms with E-state index < -0.39 is 5.60 Å². The molecule has 1 amide bonds. The molecule has 0 aromatic rings. The van der Waals surface area contributed by atoms with Crippen molar-refractivity contribution in [3.05, 3.63) is 0 Å². The van der Waals surface area contributed by atoms with Gasteiger partial charge in [-0.25, -0.2) is 4.79 Å². The van der Waals surface area contributed by atoms with Crippen LogP contribution in [0.3, 0.4) is 0 Å². The molecule has 2 fully saturated rings. The molecule has 0 bridgehead atoms. The first kappa shape index (κ1) is 19.9. The summed E-state index contributed by atoms with van der Waals surface area (Å²) in [6, 6.07) is 0. The molecule has 2 aliphatic rings. The van der Waals surface area contributed by atoms with Crippen molar-refractivity contribution in [2.24, 2.45) is 16.8 Å². The van der Waals surface area contributed by atoms with Gasteiger partial charge in [-0.1, -0.05) is 12.8 Å². The van der Waals surface area contributed by atoms with E-state index in [1.807, 2.05) is 20.8 Å². The van der Waals surface area contributed by atoms with Crippen LogP contribution in [0, 0.1) is 11.8 Å². The molecule has 6 heteroatoms. The summed E-state index contributed by atoms with van der Waals surface area (Å²) in [7, 11) is 0. The molecule has 1 aliphatic heterocycles. The maximum atomic E-state index is 11.6. The van der Waals surface area contributed by atoms with Crippen LogP contribution in [-0.2, 0) is 4.74 Å². The van der Waals surface area contributed by atoms with Crippen molar-refractivity contribution in [3.8, 4) is 0 Å². The lowest BCUT2D eigenvalue weighted by Crippen LogP contribution is -2.40. The standard InChI is InChI=1S/C19H36N4O2/c1-5-20-17(23-13-15-9-6-7-10-16(15)14-23)21-11-8-12-22-18(24)25-19(2,3)4/h15-16H,5-14H2,1-4H3,(H,20,21)(H,22,24). The number of guanidine groups is 1. The first-order chi connectivity index (χ1) is 11.9. The molecule has 0 spiro atoms. The van der Waals surface area contributed by atoms with Crippen LogP contribution in [-0.4, -0.2) is 55.3 Å². The smallest absolute Gasteiger partial charge is 0.407 e. The number of carbonyl (C=O) groups excluding carboxylic acids is 1. The third kappa shape index (κ3) is 6.75. The topological polar surface area (TPSA) is 66.0 Å². The van der Waals surface area contributed by atoms with E-state index in [1.165, 1.54) is 25.7 Å². The number of likely N-dealkylation sites (tertiary alicyclic amines) is 1. The summed E-state index contributed by atoms with van der Waals surface area (Å²) in [5, 5.41) is 6.22. The molecular formula is C19H36N4O2. The Hall–Kier alpha value is -1.46. The number of alkyl carbamates (subject to hydrolysis) is 1. The van der Waals surface area contributed by atoms with Gasteiger partial charge in [0.15, 0.2) is 5.96 Å². The van der Waals surface area contributed by atoms with Gasteiger partial charge in [-0.3, -0.25) is 4.99 Å². The van der Waals surface area contributed by atoms with Crippen molar-refractivity contribution in [3.63, 3.8) is 0 Å². The Balaban J connectivity index is 1.73. The number of fused-ring (bicyclic) bond motifs is 1. The van der Waals surface area contributed by atoms with Crippen LogP contribution in [0.4, 0.5) is 4.79 Å². The number of nitrogens with one attached hydrogen (secondary N) is 2. The molecule has 0 radical (unpaired) electrons. The Morgan fingerprint density at radius 3 is 2.36 bits per heavy atom. The summed E-state index contributed by atoms with van der Waals surface area (Å²) in [4.78, 5) is 18.8. The number of rotatable bonds is 5. The minimum Gasteiger partial charge on any atom is -0.444 e. The van der Waals surface area contributed by atoms with Crippen molar-refractivity contribution in [2.45, 2.75) is 65.4 Å². The van der Waals surface area contributed by atoms with E-state index in [2.05, 4.69) is 22.5 Å². The average Bonchev–Trinajstić information content (AvgIpc) is 2.95. The number of hydrogen-bond acceptors (Lipinski definition) is 3. The van der Waals surface area contributed by atoms with Gasteiger partial charge in [-0.05, 0) is 58.8 Å². The summed E-state index contributed by atoms with van der Waals surface area (Å²) >= 11 is 0. The number of ether oxygens (including phenoxy) is 1. The van der Waals surface area contributed by atoms with Crippen LogP contribution in [0.1, 0.15) is 59.8 Å². The molecule has 0 aromatic heterocycles. The molecule has 2 atom stereocenters. The van der Waals surface area contributed by atoms with E-state index in [-0.39, 0.29) is 6.09 Å². The molecule has 25 heavy (non-hydrogen) atoms. The summed E-state index contributed by atoms with van der Waals surface area (Å²) in [6.07, 6.45) is 5.99. The Labute approximate surface area is 152 Å². The zero-order chi connectivity index (χ0) is 18.3. The van der Waals surface area contributed by atoms with Crippen LogP contribution >= 0.6 is 0 Å². The van der Waals surface area contributed by atoms with Gasteiger partial charge >= 0.3 is 6.09 Å². The molecule has 6 nitrogen and oxygen atoms in total. The predicted molar refractivity (Wildman–Crippen MR) is 102 cm³/mol. The third-order valence-electron chi connectivity index (χ3n) is 4.88. The van der Waals surface area contributed by atoms with Crippen LogP contribution in [0.2, 0.25) is 0 Å². The molecule has 2 unspecified atom stereocenters. The molecule has 1 saturated carbocycles. The number of amides is 1. The zero-order valence-corrected chi connectivity index (χ0v) is 16.4. The number of nitrogens with zero attached hydrogens (tertiary/aromatic N) is 2. The molecular weight excluding hydrogens is 316 g/mol. The van der Waals surface area contributed by atoms with Gasteiger partial charge in [0.25, 0.3) is 0 Å². The first-order valence-corrected chi connectivity index (χ1v) is 9.89. The Morgan fingerprint density at radius 2 is 1.80 bits per heavy atom. The minimum absolute atomic E-state index is 0.355. The van der Waals surface area contributed by atoms with E-state index in [9.17, 15) is 4.79 Å². The summed E-state index contributed by atoms with van der Waals surface area (Å²) in [6.45, 7) is 12.2. The van der Waals surface area contributed by atoms with Gasteiger partial charge in [0.1, 0.15) is 5.60 Å². The van der Waals surface area contributed by atoms with Gasteiger partial charge in [-0.2, -0.15) is 0 Å². The average molecular weight is 353 g/mol. The summed E-state index contributed by atoms with van der Waals surface area (Å²) in [5.74, 6) is 2.74. The highest BCUT2D eigenvalue weighted by atomic mass is 16.6. The van der Waals surface area contributed by atoms with Crippen molar-refractivity contribution in [2.75, 3.05) is 32.7 Å². The van der Waals surface area contributed by atoms with E-state index >= 15 is 0 Å². The van der Waals surface area contributed by atoms with Gasteiger partial charge in [0.05, 0.1) is 0 Å². The van der Waals surface area contributed by atoms with Crippen LogP contribution in [0.5, 0.6) is 0 Å². The number of hydrogen-bond donors (Lipinski definition) is 2. The summed E-state index contributed by atoms with van der Waals surface area (Å²) in [5.41, 5.74) is -0.451. The Morgan fingerprint density at radius 1 is 1.16 bits per heavy atom. The normalized spacial score (nSPS) is 24.0. The largest absolute Gasteiger partial charge is 0.444 e. The van der Waals surface area contributed by atoms with Crippen molar-refractivity contribution in [1.82, 2.24) is 15.5 Å². The highest BCUT2D eigenvalue weighted by Crippen LogP contribution is 2.35. The lowest BCUT2D eigenvalue weighted by Gasteiger charge is -2.22. The Kier molecular flexibility index (Phi) is 7.38. The highest BCUT2D eigenvalue weighted by molar-refractivity contribution is 5.80. The summed E-state index contributed by atoms with van der Waals surface area (Å²) < 4.78 is 5.23. The van der Waals surface area contributed by atoms with Crippen molar-refractivity contribution < 1.29 is 9.53 Å². The van der Waals surface area contributed by atoms with Crippen LogP contribution in [0.15, 0.2) is 4.99 Å². The monoisotopic (exact) mass is 352 g/mol. The van der Waals surface area contributed by atoms with Gasteiger partial charge in [-0.15, -0.1) is 0 Å². The van der Waals surface area contributed by atoms with Gasteiger partial charge < -0.3 is 20.3 Å². The highest BCUT2D eigenvalue weighted by Gasteiger charge is 2.35. The second-order valence-corrected chi connectivity index (χ2v) is 8.23. The maximum Gasteiger partial charge on any atom is 0.407 e. The molecule has 144 valence electrons. The molecule has 0 aromatic carbocycles. The predicted octanol–water partition coefficient (Wildman–Crippen LogP) is 2.99. The number of carbonyl (C=O) groups is 1. The molecule has 1 aliphatic carbocycles. The van der Waals surface area contributed by atoms with Gasteiger partial charge in [0, 0.05) is 32.7 Å². The fourth-order valence-electron chi connectivity index (χ4n) is 3.77. The fourth-order valence-corrected chi connectivity index (χ4v) is 3.77. The maximum absolute atomic E-state index is 11.6. The van der Waals surface area contributed by atoms with Crippen LogP contribution in [0.25, 0.3) is 0 Å². The molecule has 2 rings (SSSR count). The number of aliphatic imine (C=N–C) groups is 1. The SMILES string of the molecule is CCNC(=NCCCNC(=O)OC(C)(C)C)N1CC2CCCCC2C1. The van der Waals surface area contributed by atoms with Crippen molar-refractivity contribution >= 4 is 12.1 Å². The van der Waals surface area contributed by atoms with E-state index in [1.54, 1.807) is 0 Å². The van der Waals surface area contributed by atoms with E-state index in [4.69, 9.17) is 9.73 Å². The third-order valence-corrected chi connectivity index (χ3v) is 4.88. The lowest BCUT2D eigenvalue weighted by molar-refractivity contribution is 0.0527. The van der Waals surface area contributed by atoms with Gasteiger partial charge in [0.2, 0.25) is 0 Å². The molecule has 2 N–H and O–H groups in total. The molecule has 1 heterocycles. The second-order valence-electron chi connectivity index (χ2n) is 8.23. The van der Waals surface area contributed by atoms with Crippen LogP contribution < -0.4 is 10.6 Å². The zero-order valence-electron chi connectivity index (χ0n) is 16.4. The molecule has 1 saturated heterocycles. The fraction of sp³-hybridized carbons (Fsp3) is 0.895. The lowest BCUT2D eigenvalue weighted by atomic mass is 9.82. The van der Waals surface area contributed by atoms with Crippen molar-refractivity contribution in [1.29, 1.82) is 0 Å². The quantitative estimate of drug-likeness (QED) is 0.453. The first-order valence-electron chi connectivity index (χ1n) is 9.89. The Bertz CT molecular complexity index is 445.